The molecule has 0 amide bonds. The van der Waals surface area contributed by atoms with Crippen molar-refractivity contribution in [2.24, 2.45) is 0 Å². The molecule has 0 radical (unpaired) electrons. The number of fused-ring (bicyclic) bond motifs is 1. The number of hydrogen-bond acceptors (Lipinski definition) is 1. The largest absolute Gasteiger partial charge is 0.489 e. The molecule has 0 aromatic heterocycles. The Bertz CT molecular complexity index is 516. The Hall–Kier alpha value is -2.28. The minimum absolute atomic E-state index is 0.578. The van der Waals surface area contributed by atoms with E-state index in [4.69, 9.17) is 4.74 Å². The number of para-hydroxylation sites is 1. The van der Waals surface area contributed by atoms with Crippen LogP contribution in [0.5, 0.6) is 5.75 Å². The van der Waals surface area contributed by atoms with E-state index in [1.54, 1.807) is 0 Å². The lowest BCUT2D eigenvalue weighted by Crippen LogP contribution is -1.94. The first kappa shape index (κ1) is 12.2. The molecule has 1 aromatic carbocycles. The Balaban J connectivity index is 2.23. The maximum absolute atomic E-state index is 5.72. The number of allylic oxidation sites excluding steroid dienone is 8. The Kier molecular flexibility index (Phi) is 4.82. The average Bonchev–Trinajstić information content (AvgIpc) is 2.41. The van der Waals surface area contributed by atoms with Crippen LogP contribution in [0, 0.1) is 0 Å². The highest BCUT2D eigenvalue weighted by Gasteiger charge is 1.97. The Labute approximate surface area is 108 Å². The lowest BCUT2D eigenvalue weighted by Gasteiger charge is -2.06. The van der Waals surface area contributed by atoms with Gasteiger partial charge in [0, 0.05) is 5.56 Å². The van der Waals surface area contributed by atoms with Crippen LogP contribution in [-0.4, -0.2) is 6.61 Å². The van der Waals surface area contributed by atoms with Gasteiger partial charge < -0.3 is 4.74 Å². The maximum Gasteiger partial charge on any atom is 0.126 e. The van der Waals surface area contributed by atoms with Gasteiger partial charge in [-0.2, -0.15) is 0 Å². The average molecular weight is 236 g/mol. The van der Waals surface area contributed by atoms with Gasteiger partial charge in [-0.05, 0) is 12.1 Å². The molecule has 18 heavy (non-hydrogen) atoms. The highest BCUT2D eigenvalue weighted by atomic mass is 16.5. The summed E-state index contributed by atoms with van der Waals surface area (Å²) in [5.41, 5.74) is 1.09. The summed E-state index contributed by atoms with van der Waals surface area (Å²) in [6.45, 7) is 0.578. The number of ether oxygens (including phenoxy) is 1. The van der Waals surface area contributed by atoms with Crippen LogP contribution in [0.4, 0.5) is 0 Å². The standard InChI is InChI=1S/C17H16O/c1-2-4-6-8-12-16-13-9-10-14-17(16)18-15-11-7-5-3-1/h1-14H,15H2/b2-1?,5-3?,6-4-,11-7-,12-8-. The van der Waals surface area contributed by atoms with Crippen LogP contribution < -0.4 is 4.74 Å². The summed E-state index contributed by atoms with van der Waals surface area (Å²) < 4.78 is 5.72. The van der Waals surface area contributed by atoms with Crippen molar-refractivity contribution in [3.05, 3.63) is 84.5 Å². The first-order valence-corrected chi connectivity index (χ1v) is 6.02. The van der Waals surface area contributed by atoms with Gasteiger partial charge in [-0.3, -0.25) is 0 Å². The lowest BCUT2D eigenvalue weighted by molar-refractivity contribution is 0.362. The van der Waals surface area contributed by atoms with Crippen molar-refractivity contribution >= 4 is 6.08 Å². The first-order valence-electron chi connectivity index (χ1n) is 6.02. The second-order valence-corrected chi connectivity index (χ2v) is 3.79. The molecule has 0 saturated heterocycles. The monoisotopic (exact) mass is 236 g/mol. The second kappa shape index (κ2) is 7.13. The summed E-state index contributed by atoms with van der Waals surface area (Å²) in [5, 5.41) is 0. The Morgan fingerprint density at radius 1 is 0.722 bits per heavy atom. The highest BCUT2D eigenvalue weighted by molar-refractivity contribution is 5.58. The number of rotatable bonds is 0. The molecule has 0 fully saturated rings. The van der Waals surface area contributed by atoms with Crippen molar-refractivity contribution in [1.29, 1.82) is 0 Å². The van der Waals surface area contributed by atoms with Crippen LogP contribution in [0.1, 0.15) is 5.56 Å². The predicted octanol–water partition coefficient (Wildman–Crippen LogP) is 4.32. The SMILES string of the molecule is C1=C/C=C\C=C/c2ccccc2OC/C=C\C=C1. The third-order valence-electron chi connectivity index (χ3n) is 2.44. The highest BCUT2D eigenvalue weighted by Crippen LogP contribution is 2.19. The van der Waals surface area contributed by atoms with E-state index < -0.39 is 0 Å². The van der Waals surface area contributed by atoms with E-state index in [1.165, 1.54) is 0 Å². The zero-order chi connectivity index (χ0) is 12.5. The van der Waals surface area contributed by atoms with Crippen LogP contribution in [0.25, 0.3) is 6.08 Å². The van der Waals surface area contributed by atoms with E-state index in [2.05, 4.69) is 0 Å². The molecule has 90 valence electrons. The summed E-state index contributed by atoms with van der Waals surface area (Å²) in [7, 11) is 0. The smallest absolute Gasteiger partial charge is 0.126 e. The molecule has 0 bridgehead atoms. The fourth-order valence-electron chi connectivity index (χ4n) is 1.57. The van der Waals surface area contributed by atoms with Gasteiger partial charge in [0.05, 0.1) is 0 Å². The van der Waals surface area contributed by atoms with E-state index >= 15 is 0 Å². The maximum atomic E-state index is 5.72. The molecule has 0 saturated carbocycles. The van der Waals surface area contributed by atoms with Gasteiger partial charge in [0.2, 0.25) is 0 Å². The Morgan fingerprint density at radius 2 is 1.39 bits per heavy atom. The lowest BCUT2D eigenvalue weighted by atomic mass is 10.2. The van der Waals surface area contributed by atoms with E-state index in [1.807, 2.05) is 85.0 Å². The molecular weight excluding hydrogens is 220 g/mol. The van der Waals surface area contributed by atoms with Crippen molar-refractivity contribution in [2.45, 2.75) is 0 Å². The molecule has 1 nitrogen and oxygen atoms in total. The van der Waals surface area contributed by atoms with Gasteiger partial charge in [-0.1, -0.05) is 72.9 Å². The molecule has 0 N–H and O–H groups in total. The minimum Gasteiger partial charge on any atom is -0.489 e. The van der Waals surface area contributed by atoms with E-state index in [0.29, 0.717) is 6.61 Å². The van der Waals surface area contributed by atoms with Crippen molar-refractivity contribution < 1.29 is 4.74 Å². The van der Waals surface area contributed by atoms with Crippen LogP contribution >= 0.6 is 0 Å². The molecule has 2 rings (SSSR count). The van der Waals surface area contributed by atoms with Gasteiger partial charge >= 0.3 is 0 Å². The third kappa shape index (κ3) is 3.95. The quantitative estimate of drug-likeness (QED) is 0.652. The van der Waals surface area contributed by atoms with Crippen LogP contribution in [0.2, 0.25) is 0 Å². The molecule has 1 aliphatic rings. The van der Waals surface area contributed by atoms with Gasteiger partial charge in [0.25, 0.3) is 0 Å². The fourth-order valence-corrected chi connectivity index (χ4v) is 1.57. The van der Waals surface area contributed by atoms with E-state index in [-0.39, 0.29) is 0 Å². The molecule has 1 heteroatoms. The van der Waals surface area contributed by atoms with Crippen molar-refractivity contribution in [2.75, 3.05) is 6.61 Å². The van der Waals surface area contributed by atoms with Gasteiger partial charge in [-0.15, -0.1) is 0 Å². The molecule has 0 atom stereocenters. The Morgan fingerprint density at radius 3 is 2.22 bits per heavy atom. The number of hydrogen-bond donors (Lipinski definition) is 0. The predicted molar refractivity (Wildman–Crippen MR) is 77.5 cm³/mol. The first-order chi connectivity index (χ1) is 8.97. The summed E-state index contributed by atoms with van der Waals surface area (Å²) >= 11 is 0. The topological polar surface area (TPSA) is 9.23 Å². The van der Waals surface area contributed by atoms with Crippen LogP contribution in [0.15, 0.2) is 78.9 Å². The molecular formula is C17H16O. The van der Waals surface area contributed by atoms with Crippen molar-refractivity contribution in [1.82, 2.24) is 0 Å². The zero-order valence-corrected chi connectivity index (χ0v) is 10.2. The summed E-state index contributed by atoms with van der Waals surface area (Å²) in [6.07, 6.45) is 20.0. The molecule has 1 heterocycles. The molecule has 0 spiro atoms. The van der Waals surface area contributed by atoms with Crippen molar-refractivity contribution in [3.8, 4) is 5.75 Å². The minimum atomic E-state index is 0.578. The summed E-state index contributed by atoms with van der Waals surface area (Å²) in [5.74, 6) is 0.906. The second-order valence-electron chi connectivity index (χ2n) is 3.79. The van der Waals surface area contributed by atoms with Crippen LogP contribution in [0.3, 0.4) is 0 Å². The van der Waals surface area contributed by atoms with Gasteiger partial charge in [0.1, 0.15) is 12.4 Å². The molecule has 1 aliphatic heterocycles. The van der Waals surface area contributed by atoms with Crippen molar-refractivity contribution in [3.63, 3.8) is 0 Å². The zero-order valence-electron chi connectivity index (χ0n) is 10.2. The summed E-state index contributed by atoms with van der Waals surface area (Å²) in [4.78, 5) is 0. The van der Waals surface area contributed by atoms with Gasteiger partial charge in [-0.25, -0.2) is 0 Å². The van der Waals surface area contributed by atoms with E-state index in [0.717, 1.165) is 11.3 Å². The van der Waals surface area contributed by atoms with Crippen LogP contribution in [-0.2, 0) is 0 Å². The third-order valence-corrected chi connectivity index (χ3v) is 2.44. The molecule has 1 aromatic rings. The summed E-state index contributed by atoms with van der Waals surface area (Å²) in [6, 6.07) is 8.03. The number of benzene rings is 1. The fraction of sp³-hybridized carbons (Fsp3) is 0.0588. The van der Waals surface area contributed by atoms with E-state index in [9.17, 15) is 0 Å². The molecule has 0 aliphatic carbocycles. The van der Waals surface area contributed by atoms with Gasteiger partial charge in [0.15, 0.2) is 0 Å². The molecule has 0 unspecified atom stereocenters. The normalized spacial score (nSPS) is 20.2.